The van der Waals surface area contributed by atoms with E-state index < -0.39 is 6.04 Å². The lowest BCUT2D eigenvalue weighted by atomic mass is 10.1. The second-order valence-corrected chi connectivity index (χ2v) is 6.79. The third kappa shape index (κ3) is 6.09. The highest BCUT2D eigenvalue weighted by Gasteiger charge is 2.22. The number of carbonyl (C=O) groups is 2. The molecule has 1 aromatic rings. The van der Waals surface area contributed by atoms with Crippen molar-refractivity contribution in [2.75, 3.05) is 12.0 Å². The molecule has 0 aromatic heterocycles. The smallest absolute Gasteiger partial charge is 0.253 e. The van der Waals surface area contributed by atoms with E-state index in [0.717, 1.165) is 10.2 Å². The van der Waals surface area contributed by atoms with Gasteiger partial charge in [0.1, 0.15) is 6.04 Å². The average molecular weight is 373 g/mol. The van der Waals surface area contributed by atoms with Crippen LogP contribution in [0.5, 0.6) is 0 Å². The number of nitrogens with one attached hydrogen (secondary N) is 2. The SMILES string of the molecule is CSCCC(NC(=O)c1ccccc1Br)C(=O)NC(C)C. The topological polar surface area (TPSA) is 58.2 Å². The Labute approximate surface area is 138 Å². The van der Waals surface area contributed by atoms with Crippen molar-refractivity contribution in [2.24, 2.45) is 0 Å². The molecule has 0 aliphatic rings. The molecule has 0 bridgehead atoms. The second kappa shape index (κ2) is 9.10. The number of thioether (sulfide) groups is 1. The van der Waals surface area contributed by atoms with Crippen LogP contribution >= 0.6 is 27.7 Å². The molecule has 1 unspecified atom stereocenters. The molecule has 1 rings (SSSR count). The summed E-state index contributed by atoms with van der Waals surface area (Å²) in [5.74, 6) is 0.429. The molecule has 21 heavy (non-hydrogen) atoms. The summed E-state index contributed by atoms with van der Waals surface area (Å²) in [7, 11) is 0. The maximum atomic E-state index is 12.3. The molecule has 1 aromatic carbocycles. The predicted molar refractivity (Wildman–Crippen MR) is 91.7 cm³/mol. The Morgan fingerprint density at radius 3 is 2.48 bits per heavy atom. The number of hydrogen-bond donors (Lipinski definition) is 2. The molecule has 6 heteroatoms. The number of rotatable bonds is 7. The zero-order chi connectivity index (χ0) is 15.8. The normalized spacial score (nSPS) is 12.0. The lowest BCUT2D eigenvalue weighted by Crippen LogP contribution is -2.48. The van der Waals surface area contributed by atoms with E-state index in [-0.39, 0.29) is 17.9 Å². The van der Waals surface area contributed by atoms with Crippen molar-refractivity contribution < 1.29 is 9.59 Å². The summed E-state index contributed by atoms with van der Waals surface area (Å²) in [6.45, 7) is 3.80. The lowest BCUT2D eigenvalue weighted by Gasteiger charge is -2.20. The molecule has 0 aliphatic carbocycles. The Morgan fingerprint density at radius 1 is 1.24 bits per heavy atom. The van der Waals surface area contributed by atoms with Gasteiger partial charge in [0.15, 0.2) is 0 Å². The summed E-state index contributed by atoms with van der Waals surface area (Å²) in [6.07, 6.45) is 2.59. The van der Waals surface area contributed by atoms with Crippen LogP contribution in [-0.2, 0) is 4.79 Å². The van der Waals surface area contributed by atoms with Crippen LogP contribution in [0.3, 0.4) is 0 Å². The molecule has 2 amide bonds. The zero-order valence-electron chi connectivity index (χ0n) is 12.5. The van der Waals surface area contributed by atoms with Crippen LogP contribution in [0.2, 0.25) is 0 Å². The van der Waals surface area contributed by atoms with Gasteiger partial charge in [0.2, 0.25) is 5.91 Å². The van der Waals surface area contributed by atoms with Gasteiger partial charge in [0, 0.05) is 10.5 Å². The first-order chi connectivity index (χ1) is 9.95. The van der Waals surface area contributed by atoms with Crippen molar-refractivity contribution in [1.82, 2.24) is 10.6 Å². The molecule has 0 heterocycles. The first-order valence-electron chi connectivity index (χ1n) is 6.80. The van der Waals surface area contributed by atoms with Gasteiger partial charge >= 0.3 is 0 Å². The van der Waals surface area contributed by atoms with Gasteiger partial charge in [0.25, 0.3) is 5.91 Å². The number of amides is 2. The van der Waals surface area contributed by atoms with Gasteiger partial charge in [-0.1, -0.05) is 12.1 Å². The van der Waals surface area contributed by atoms with Crippen LogP contribution in [0.25, 0.3) is 0 Å². The van der Waals surface area contributed by atoms with Crippen molar-refractivity contribution in [2.45, 2.75) is 32.4 Å². The van der Waals surface area contributed by atoms with Gasteiger partial charge in [0.05, 0.1) is 5.56 Å². The molecule has 0 aliphatic heterocycles. The minimum atomic E-state index is -0.514. The van der Waals surface area contributed by atoms with Gasteiger partial charge in [-0.05, 0) is 60.3 Å². The van der Waals surface area contributed by atoms with E-state index in [4.69, 9.17) is 0 Å². The molecule has 116 valence electrons. The number of halogens is 1. The highest BCUT2D eigenvalue weighted by atomic mass is 79.9. The Morgan fingerprint density at radius 2 is 1.90 bits per heavy atom. The van der Waals surface area contributed by atoms with Gasteiger partial charge < -0.3 is 10.6 Å². The second-order valence-electron chi connectivity index (χ2n) is 4.95. The van der Waals surface area contributed by atoms with E-state index in [1.807, 2.05) is 26.2 Å². The summed E-state index contributed by atoms with van der Waals surface area (Å²) >= 11 is 5.00. The molecule has 2 N–H and O–H groups in total. The van der Waals surface area contributed by atoms with Gasteiger partial charge in [-0.25, -0.2) is 0 Å². The van der Waals surface area contributed by atoms with Crippen molar-refractivity contribution in [1.29, 1.82) is 0 Å². The largest absolute Gasteiger partial charge is 0.352 e. The molecule has 0 spiro atoms. The number of carbonyl (C=O) groups excluding carboxylic acids is 2. The van der Waals surface area contributed by atoms with E-state index in [2.05, 4.69) is 26.6 Å². The zero-order valence-corrected chi connectivity index (χ0v) is 14.9. The number of hydrogen-bond acceptors (Lipinski definition) is 3. The third-order valence-corrected chi connectivity index (χ3v) is 4.12. The van der Waals surface area contributed by atoms with E-state index in [0.29, 0.717) is 12.0 Å². The fraction of sp³-hybridized carbons (Fsp3) is 0.467. The van der Waals surface area contributed by atoms with Crippen LogP contribution in [-0.4, -0.2) is 35.9 Å². The Balaban J connectivity index is 2.78. The maximum absolute atomic E-state index is 12.3. The standard InChI is InChI=1S/C15H21BrN2O2S/c1-10(2)17-15(20)13(8-9-21-3)18-14(19)11-6-4-5-7-12(11)16/h4-7,10,13H,8-9H2,1-3H3,(H,17,20)(H,18,19). The van der Waals surface area contributed by atoms with Crippen LogP contribution in [0.4, 0.5) is 0 Å². The van der Waals surface area contributed by atoms with Crippen LogP contribution in [0.1, 0.15) is 30.6 Å². The summed E-state index contributed by atoms with van der Waals surface area (Å²) in [5, 5.41) is 5.67. The van der Waals surface area contributed by atoms with Crippen molar-refractivity contribution >= 4 is 39.5 Å². The quantitative estimate of drug-likeness (QED) is 0.773. The fourth-order valence-corrected chi connectivity index (χ4v) is 2.71. The van der Waals surface area contributed by atoms with Crippen molar-refractivity contribution in [3.63, 3.8) is 0 Å². The fourth-order valence-electron chi connectivity index (χ4n) is 1.77. The van der Waals surface area contributed by atoms with E-state index in [9.17, 15) is 9.59 Å². The lowest BCUT2D eigenvalue weighted by molar-refractivity contribution is -0.123. The van der Waals surface area contributed by atoms with Crippen molar-refractivity contribution in [3.05, 3.63) is 34.3 Å². The monoisotopic (exact) mass is 372 g/mol. The molecule has 4 nitrogen and oxygen atoms in total. The van der Waals surface area contributed by atoms with E-state index >= 15 is 0 Å². The predicted octanol–water partition coefficient (Wildman–Crippen LogP) is 2.83. The van der Waals surface area contributed by atoms with Gasteiger partial charge in [-0.3, -0.25) is 9.59 Å². The Kier molecular flexibility index (Phi) is 7.82. The maximum Gasteiger partial charge on any atom is 0.253 e. The first-order valence-corrected chi connectivity index (χ1v) is 8.99. The molecular weight excluding hydrogens is 352 g/mol. The minimum Gasteiger partial charge on any atom is -0.352 e. The highest BCUT2D eigenvalue weighted by molar-refractivity contribution is 9.10. The highest BCUT2D eigenvalue weighted by Crippen LogP contribution is 2.16. The molecular formula is C15H21BrN2O2S. The van der Waals surface area contributed by atoms with Crippen LogP contribution < -0.4 is 10.6 Å². The molecule has 0 radical (unpaired) electrons. The molecule has 0 saturated heterocycles. The summed E-state index contributed by atoms with van der Waals surface area (Å²) < 4.78 is 0.718. The Bertz CT molecular complexity index is 494. The molecule has 0 saturated carbocycles. The summed E-state index contributed by atoms with van der Waals surface area (Å²) in [4.78, 5) is 24.5. The van der Waals surface area contributed by atoms with E-state index in [1.54, 1.807) is 30.0 Å². The van der Waals surface area contributed by atoms with E-state index in [1.165, 1.54) is 0 Å². The van der Waals surface area contributed by atoms with Crippen LogP contribution in [0.15, 0.2) is 28.7 Å². The average Bonchev–Trinajstić information content (AvgIpc) is 2.42. The minimum absolute atomic E-state index is 0.0506. The summed E-state index contributed by atoms with van der Waals surface area (Å²) in [5.41, 5.74) is 0.531. The molecule has 0 fully saturated rings. The van der Waals surface area contributed by atoms with Gasteiger partial charge in [-0.2, -0.15) is 11.8 Å². The van der Waals surface area contributed by atoms with Gasteiger partial charge in [-0.15, -0.1) is 0 Å². The van der Waals surface area contributed by atoms with Crippen LogP contribution in [0, 0.1) is 0 Å². The van der Waals surface area contributed by atoms with Crippen molar-refractivity contribution in [3.8, 4) is 0 Å². The first kappa shape index (κ1) is 18.0. The summed E-state index contributed by atoms with van der Waals surface area (Å²) in [6, 6.07) is 6.71. The Hall–Kier alpha value is -1.01. The third-order valence-electron chi connectivity index (χ3n) is 2.78. The number of benzene rings is 1. The molecule has 1 atom stereocenters.